The molecule has 3 nitrogen and oxygen atoms in total. The molecule has 2 N–H and O–H groups in total. The molecule has 1 fully saturated rings. The number of amides is 1. The Hall–Kier alpha value is -1.22. The number of nitrogens with two attached hydrogens (primary N) is 1. The lowest BCUT2D eigenvalue weighted by Gasteiger charge is -2.26. The van der Waals surface area contributed by atoms with E-state index >= 15 is 0 Å². The third-order valence-electron chi connectivity index (χ3n) is 3.04. The first-order chi connectivity index (χ1) is 7.75. The molecule has 0 aliphatic carbocycles. The highest BCUT2D eigenvalue weighted by Crippen LogP contribution is 2.12. The van der Waals surface area contributed by atoms with E-state index in [2.05, 4.69) is 0 Å². The second-order valence-electron chi connectivity index (χ2n) is 4.36. The van der Waals surface area contributed by atoms with E-state index in [4.69, 9.17) is 5.73 Å². The van der Waals surface area contributed by atoms with Crippen LogP contribution >= 0.6 is 12.4 Å². The average molecular weight is 255 g/mol. The molecule has 0 aromatic heterocycles. The minimum absolute atomic E-state index is 0. The lowest BCUT2D eigenvalue weighted by atomic mass is 10.1. The molecule has 4 heteroatoms. The minimum atomic E-state index is 0. The Morgan fingerprint density at radius 2 is 1.71 bits per heavy atom. The largest absolute Gasteiger partial charge is 0.399 e. The number of halogens is 1. The highest BCUT2D eigenvalue weighted by atomic mass is 35.5. The Labute approximate surface area is 108 Å². The molecule has 0 bridgehead atoms. The minimum Gasteiger partial charge on any atom is -0.399 e. The predicted octanol–water partition coefficient (Wildman–Crippen LogP) is 2.25. The number of nitrogens with zero attached hydrogens (tertiary/aromatic N) is 1. The number of piperidine rings is 1. The fourth-order valence-electron chi connectivity index (χ4n) is 2.07. The molecule has 0 atom stereocenters. The molecule has 1 aliphatic heterocycles. The number of nitrogen functional groups attached to an aromatic ring is 1. The van der Waals surface area contributed by atoms with Crippen molar-refractivity contribution in [2.24, 2.45) is 0 Å². The Morgan fingerprint density at radius 1 is 1.12 bits per heavy atom. The Bertz CT molecular complexity index is 358. The molecule has 1 saturated heterocycles. The number of hydrogen-bond acceptors (Lipinski definition) is 2. The highest BCUT2D eigenvalue weighted by molar-refractivity contribution is 5.85. The standard InChI is InChI=1S/C13H18N2O.ClH/c14-12-6-4-11(5-7-12)10-13(16)15-8-2-1-3-9-15;/h4-7H,1-3,8-10,14H2;1H. The number of carbonyl (C=O) groups excluding carboxylic acids is 1. The molecule has 1 amide bonds. The molecular weight excluding hydrogens is 236 g/mol. The molecule has 0 radical (unpaired) electrons. The molecule has 2 rings (SSSR count). The number of hydrogen-bond donors (Lipinski definition) is 1. The first kappa shape index (κ1) is 13.8. The summed E-state index contributed by atoms with van der Waals surface area (Å²) >= 11 is 0. The molecule has 17 heavy (non-hydrogen) atoms. The van der Waals surface area contributed by atoms with Crippen molar-refractivity contribution < 1.29 is 4.79 Å². The third-order valence-corrected chi connectivity index (χ3v) is 3.04. The molecule has 1 heterocycles. The fraction of sp³-hybridized carbons (Fsp3) is 0.462. The van der Waals surface area contributed by atoms with Gasteiger partial charge < -0.3 is 10.6 Å². The van der Waals surface area contributed by atoms with Crippen molar-refractivity contribution in [3.63, 3.8) is 0 Å². The van der Waals surface area contributed by atoms with Gasteiger partial charge in [-0.15, -0.1) is 12.4 Å². The molecular formula is C13H19ClN2O. The van der Waals surface area contributed by atoms with Gasteiger partial charge in [0.1, 0.15) is 0 Å². The van der Waals surface area contributed by atoms with Crippen LogP contribution < -0.4 is 5.73 Å². The van der Waals surface area contributed by atoms with Gasteiger partial charge in [-0.2, -0.15) is 0 Å². The van der Waals surface area contributed by atoms with E-state index in [-0.39, 0.29) is 18.3 Å². The number of carbonyl (C=O) groups is 1. The van der Waals surface area contributed by atoms with Crippen LogP contribution in [0.5, 0.6) is 0 Å². The monoisotopic (exact) mass is 254 g/mol. The lowest BCUT2D eigenvalue weighted by Crippen LogP contribution is -2.36. The summed E-state index contributed by atoms with van der Waals surface area (Å²) in [6, 6.07) is 7.55. The topological polar surface area (TPSA) is 46.3 Å². The maximum atomic E-state index is 11.9. The van der Waals surface area contributed by atoms with Gasteiger partial charge >= 0.3 is 0 Å². The van der Waals surface area contributed by atoms with E-state index in [1.165, 1.54) is 6.42 Å². The van der Waals surface area contributed by atoms with E-state index in [1.54, 1.807) is 0 Å². The van der Waals surface area contributed by atoms with E-state index in [9.17, 15) is 4.79 Å². The van der Waals surface area contributed by atoms with Gasteiger partial charge in [0.2, 0.25) is 5.91 Å². The van der Waals surface area contributed by atoms with Gasteiger partial charge in [0, 0.05) is 18.8 Å². The van der Waals surface area contributed by atoms with Crippen molar-refractivity contribution in [2.45, 2.75) is 25.7 Å². The summed E-state index contributed by atoms with van der Waals surface area (Å²) in [5.41, 5.74) is 7.40. The van der Waals surface area contributed by atoms with E-state index in [0.29, 0.717) is 6.42 Å². The second kappa shape index (κ2) is 6.50. The van der Waals surface area contributed by atoms with Gasteiger partial charge in [-0.3, -0.25) is 4.79 Å². The molecule has 1 aromatic carbocycles. The van der Waals surface area contributed by atoms with Gasteiger partial charge in [0.25, 0.3) is 0 Å². The van der Waals surface area contributed by atoms with Gasteiger partial charge in [-0.25, -0.2) is 0 Å². The maximum absolute atomic E-state index is 11.9. The zero-order chi connectivity index (χ0) is 11.4. The van der Waals surface area contributed by atoms with Crippen molar-refractivity contribution in [3.8, 4) is 0 Å². The molecule has 0 unspecified atom stereocenters. The molecule has 0 spiro atoms. The lowest BCUT2D eigenvalue weighted by molar-refractivity contribution is -0.131. The molecule has 94 valence electrons. The maximum Gasteiger partial charge on any atom is 0.226 e. The Kier molecular flexibility index (Phi) is 5.29. The third kappa shape index (κ3) is 3.93. The molecule has 1 aliphatic rings. The summed E-state index contributed by atoms with van der Waals surface area (Å²) in [7, 11) is 0. The van der Waals surface area contributed by atoms with Crippen LogP contribution in [0, 0.1) is 0 Å². The zero-order valence-electron chi connectivity index (χ0n) is 9.89. The van der Waals surface area contributed by atoms with E-state index in [1.807, 2.05) is 29.2 Å². The van der Waals surface area contributed by atoms with Crippen molar-refractivity contribution in [1.29, 1.82) is 0 Å². The predicted molar refractivity (Wildman–Crippen MR) is 72.2 cm³/mol. The van der Waals surface area contributed by atoms with Gasteiger partial charge in [0.15, 0.2) is 0 Å². The molecule has 0 saturated carbocycles. The SMILES string of the molecule is Cl.Nc1ccc(CC(=O)N2CCCCC2)cc1. The van der Waals surface area contributed by atoms with Crippen LogP contribution in [0.4, 0.5) is 5.69 Å². The first-order valence-electron chi connectivity index (χ1n) is 5.88. The summed E-state index contributed by atoms with van der Waals surface area (Å²) in [5, 5.41) is 0. The van der Waals surface area contributed by atoms with Crippen LogP contribution in [-0.2, 0) is 11.2 Å². The van der Waals surface area contributed by atoms with Crippen LogP contribution in [0.3, 0.4) is 0 Å². The smallest absolute Gasteiger partial charge is 0.226 e. The van der Waals surface area contributed by atoms with Crippen LogP contribution in [0.1, 0.15) is 24.8 Å². The fourth-order valence-corrected chi connectivity index (χ4v) is 2.07. The number of anilines is 1. The number of rotatable bonds is 2. The first-order valence-corrected chi connectivity index (χ1v) is 5.88. The Balaban J connectivity index is 0.00000144. The van der Waals surface area contributed by atoms with Crippen molar-refractivity contribution in [3.05, 3.63) is 29.8 Å². The number of likely N-dealkylation sites (tertiary alicyclic amines) is 1. The van der Waals surface area contributed by atoms with Crippen LogP contribution in [-0.4, -0.2) is 23.9 Å². The normalized spacial score (nSPS) is 15.2. The van der Waals surface area contributed by atoms with Gasteiger partial charge in [-0.1, -0.05) is 12.1 Å². The summed E-state index contributed by atoms with van der Waals surface area (Å²) < 4.78 is 0. The van der Waals surface area contributed by atoms with Crippen molar-refractivity contribution in [1.82, 2.24) is 4.90 Å². The van der Waals surface area contributed by atoms with Gasteiger partial charge in [-0.05, 0) is 37.0 Å². The van der Waals surface area contributed by atoms with Gasteiger partial charge in [0.05, 0.1) is 6.42 Å². The van der Waals surface area contributed by atoms with Crippen molar-refractivity contribution >= 4 is 24.0 Å². The summed E-state index contributed by atoms with van der Waals surface area (Å²) in [4.78, 5) is 13.9. The Morgan fingerprint density at radius 3 is 2.29 bits per heavy atom. The summed E-state index contributed by atoms with van der Waals surface area (Å²) in [6.07, 6.45) is 4.05. The zero-order valence-corrected chi connectivity index (χ0v) is 10.7. The van der Waals surface area contributed by atoms with E-state index in [0.717, 1.165) is 37.2 Å². The summed E-state index contributed by atoms with van der Waals surface area (Å²) in [6.45, 7) is 1.85. The van der Waals surface area contributed by atoms with E-state index < -0.39 is 0 Å². The molecule has 1 aromatic rings. The second-order valence-corrected chi connectivity index (χ2v) is 4.36. The summed E-state index contributed by atoms with van der Waals surface area (Å²) in [5.74, 6) is 0.240. The van der Waals surface area contributed by atoms with Crippen LogP contribution in [0.25, 0.3) is 0 Å². The van der Waals surface area contributed by atoms with Crippen molar-refractivity contribution in [2.75, 3.05) is 18.8 Å². The van der Waals surface area contributed by atoms with Crippen LogP contribution in [0.15, 0.2) is 24.3 Å². The highest BCUT2D eigenvalue weighted by Gasteiger charge is 2.16. The average Bonchev–Trinajstić information content (AvgIpc) is 2.33. The number of benzene rings is 1. The quantitative estimate of drug-likeness (QED) is 0.823. The van der Waals surface area contributed by atoms with Crippen LogP contribution in [0.2, 0.25) is 0 Å².